The minimum Gasteiger partial charge on any atom is -0.396 e. The molecule has 0 aliphatic heterocycles. The molecule has 86 valence electrons. The number of anilines is 1. The Balaban J connectivity index is 2.55. The molecule has 0 radical (unpaired) electrons. The van der Waals surface area contributed by atoms with E-state index in [-0.39, 0.29) is 6.42 Å². The van der Waals surface area contributed by atoms with Crippen molar-refractivity contribution >= 4 is 5.69 Å². The predicted molar refractivity (Wildman–Crippen MR) is 56.0 cm³/mol. The maximum atomic E-state index is 12.6. The van der Waals surface area contributed by atoms with Crippen LogP contribution in [0.5, 0.6) is 0 Å². The van der Waals surface area contributed by atoms with Crippen molar-refractivity contribution in [2.24, 2.45) is 0 Å². The van der Waals surface area contributed by atoms with Crippen molar-refractivity contribution in [3.63, 3.8) is 0 Å². The lowest BCUT2D eigenvalue weighted by Gasteiger charge is -2.10. The van der Waals surface area contributed by atoms with Gasteiger partial charge in [0.05, 0.1) is 17.1 Å². The van der Waals surface area contributed by atoms with Crippen LogP contribution in [-0.4, -0.2) is 15.7 Å². The first kappa shape index (κ1) is 11.9. The predicted octanol–water partition coefficient (Wildman–Crippen LogP) is 2.52. The fourth-order valence-corrected chi connectivity index (χ4v) is 1.47. The van der Waals surface area contributed by atoms with Crippen molar-refractivity contribution in [2.75, 3.05) is 5.73 Å². The van der Waals surface area contributed by atoms with Crippen molar-refractivity contribution in [3.8, 4) is 0 Å². The highest BCUT2D eigenvalue weighted by atomic mass is 19.3. The minimum atomic E-state index is -2.60. The van der Waals surface area contributed by atoms with E-state index in [2.05, 4.69) is 5.10 Å². The van der Waals surface area contributed by atoms with Gasteiger partial charge in [-0.25, -0.2) is 8.78 Å². The Morgan fingerprint density at radius 2 is 2.00 bits per heavy atom. The molecule has 1 heterocycles. The molecule has 1 rings (SSSR count). The van der Waals surface area contributed by atoms with E-state index in [4.69, 9.17) is 5.73 Å². The van der Waals surface area contributed by atoms with Gasteiger partial charge in [-0.1, -0.05) is 0 Å². The van der Waals surface area contributed by atoms with Gasteiger partial charge in [0.15, 0.2) is 0 Å². The maximum Gasteiger partial charge on any atom is 0.245 e. The van der Waals surface area contributed by atoms with Crippen LogP contribution in [0.4, 0.5) is 14.5 Å². The zero-order valence-corrected chi connectivity index (χ0v) is 9.35. The topological polar surface area (TPSA) is 43.8 Å². The van der Waals surface area contributed by atoms with Crippen LogP contribution in [0, 0.1) is 13.8 Å². The molecule has 2 N–H and O–H groups in total. The Hall–Kier alpha value is -1.13. The number of aryl methyl sites for hydroxylation is 2. The zero-order valence-electron chi connectivity index (χ0n) is 9.35. The van der Waals surface area contributed by atoms with Gasteiger partial charge in [-0.05, 0) is 27.2 Å². The van der Waals surface area contributed by atoms with Crippen molar-refractivity contribution in [1.29, 1.82) is 0 Å². The van der Waals surface area contributed by atoms with Gasteiger partial charge >= 0.3 is 0 Å². The molecule has 3 nitrogen and oxygen atoms in total. The Morgan fingerprint density at radius 1 is 1.40 bits per heavy atom. The summed E-state index contributed by atoms with van der Waals surface area (Å²) in [7, 11) is 0. The SMILES string of the molecule is Cc1nn(CCCC(C)(F)F)c(C)c1N. The van der Waals surface area contributed by atoms with E-state index in [1.54, 1.807) is 4.68 Å². The first-order valence-electron chi connectivity index (χ1n) is 4.98. The number of alkyl halides is 2. The monoisotopic (exact) mass is 217 g/mol. The standard InChI is InChI=1S/C10H17F2N3/c1-7-9(13)8(2)15(14-7)6-4-5-10(3,11)12/h4-6,13H2,1-3H3. The summed E-state index contributed by atoms with van der Waals surface area (Å²) >= 11 is 0. The molecule has 0 saturated heterocycles. The molecule has 0 amide bonds. The van der Waals surface area contributed by atoms with E-state index in [0.29, 0.717) is 18.7 Å². The number of rotatable bonds is 4. The smallest absolute Gasteiger partial charge is 0.245 e. The van der Waals surface area contributed by atoms with Crippen LogP contribution in [0.3, 0.4) is 0 Å². The molecule has 0 saturated carbocycles. The number of hydrogen-bond donors (Lipinski definition) is 1. The summed E-state index contributed by atoms with van der Waals surface area (Å²) < 4.78 is 26.8. The highest BCUT2D eigenvalue weighted by molar-refractivity contribution is 5.46. The summed E-state index contributed by atoms with van der Waals surface area (Å²) in [5.74, 6) is -2.60. The molecule has 0 fully saturated rings. The summed E-state index contributed by atoms with van der Waals surface area (Å²) in [6, 6.07) is 0. The van der Waals surface area contributed by atoms with Crippen LogP contribution in [0.25, 0.3) is 0 Å². The lowest BCUT2D eigenvalue weighted by atomic mass is 10.2. The van der Waals surface area contributed by atoms with Gasteiger partial charge in [0.2, 0.25) is 5.92 Å². The summed E-state index contributed by atoms with van der Waals surface area (Å²) in [6.07, 6.45) is 0.288. The molecule has 0 bridgehead atoms. The lowest BCUT2D eigenvalue weighted by Crippen LogP contribution is -2.12. The van der Waals surface area contributed by atoms with Crippen molar-refractivity contribution in [3.05, 3.63) is 11.4 Å². The average molecular weight is 217 g/mol. The molecule has 0 unspecified atom stereocenters. The first-order valence-corrected chi connectivity index (χ1v) is 4.98. The van der Waals surface area contributed by atoms with Gasteiger partial charge in [0, 0.05) is 13.0 Å². The third-order valence-electron chi connectivity index (χ3n) is 2.42. The fourth-order valence-electron chi connectivity index (χ4n) is 1.47. The van der Waals surface area contributed by atoms with Gasteiger partial charge in [0.1, 0.15) is 0 Å². The molecular formula is C10H17F2N3. The van der Waals surface area contributed by atoms with Gasteiger partial charge < -0.3 is 5.73 Å². The molecule has 0 atom stereocenters. The van der Waals surface area contributed by atoms with Crippen LogP contribution in [0.15, 0.2) is 0 Å². The van der Waals surface area contributed by atoms with Crippen molar-refractivity contribution in [2.45, 2.75) is 46.1 Å². The quantitative estimate of drug-likeness (QED) is 0.842. The van der Waals surface area contributed by atoms with E-state index in [1.165, 1.54) is 0 Å². The molecule has 1 aromatic rings. The number of nitrogen functional groups attached to an aromatic ring is 1. The van der Waals surface area contributed by atoms with Crippen LogP contribution in [-0.2, 0) is 6.54 Å². The summed E-state index contributed by atoms with van der Waals surface area (Å²) in [5, 5.41) is 4.18. The van der Waals surface area contributed by atoms with Crippen molar-refractivity contribution < 1.29 is 8.78 Å². The van der Waals surface area contributed by atoms with Crippen LogP contribution >= 0.6 is 0 Å². The van der Waals surface area contributed by atoms with E-state index in [1.807, 2.05) is 13.8 Å². The van der Waals surface area contributed by atoms with Crippen molar-refractivity contribution in [1.82, 2.24) is 9.78 Å². The van der Waals surface area contributed by atoms with E-state index in [9.17, 15) is 8.78 Å². The summed E-state index contributed by atoms with van der Waals surface area (Å²) in [6.45, 7) is 5.09. The first-order chi connectivity index (χ1) is 6.81. The van der Waals surface area contributed by atoms with Gasteiger partial charge in [-0.2, -0.15) is 5.10 Å². The molecule has 0 aliphatic carbocycles. The minimum absolute atomic E-state index is 0.120. The second-order valence-corrected chi connectivity index (χ2v) is 3.98. The largest absolute Gasteiger partial charge is 0.396 e. The summed E-state index contributed by atoms with van der Waals surface area (Å²) in [4.78, 5) is 0. The number of halogens is 2. The third kappa shape index (κ3) is 3.18. The maximum absolute atomic E-state index is 12.6. The van der Waals surface area contributed by atoms with Crippen LogP contribution in [0.2, 0.25) is 0 Å². The zero-order chi connectivity index (χ0) is 11.6. The molecule has 0 aromatic carbocycles. The highest BCUT2D eigenvalue weighted by Crippen LogP contribution is 2.20. The Kier molecular flexibility index (Phi) is 3.31. The second-order valence-electron chi connectivity index (χ2n) is 3.98. The van der Waals surface area contributed by atoms with E-state index in [0.717, 1.165) is 18.3 Å². The molecule has 0 aliphatic rings. The molecule has 1 aromatic heterocycles. The van der Waals surface area contributed by atoms with E-state index >= 15 is 0 Å². The summed E-state index contributed by atoms with van der Waals surface area (Å²) in [5.41, 5.74) is 7.99. The Morgan fingerprint density at radius 3 is 2.40 bits per heavy atom. The van der Waals surface area contributed by atoms with E-state index < -0.39 is 5.92 Å². The number of nitrogens with two attached hydrogens (primary N) is 1. The molecule has 0 spiro atoms. The molecule has 15 heavy (non-hydrogen) atoms. The number of nitrogens with zero attached hydrogens (tertiary/aromatic N) is 2. The normalized spacial score (nSPS) is 12.1. The highest BCUT2D eigenvalue weighted by Gasteiger charge is 2.20. The molecular weight excluding hydrogens is 200 g/mol. The average Bonchev–Trinajstić information content (AvgIpc) is 2.32. The number of hydrogen-bond acceptors (Lipinski definition) is 2. The fraction of sp³-hybridized carbons (Fsp3) is 0.700. The second kappa shape index (κ2) is 4.16. The van der Waals surface area contributed by atoms with Gasteiger partial charge in [-0.15, -0.1) is 0 Å². The lowest BCUT2D eigenvalue weighted by molar-refractivity contribution is 0.00966. The van der Waals surface area contributed by atoms with Gasteiger partial charge in [0.25, 0.3) is 0 Å². The Labute approximate surface area is 88.3 Å². The third-order valence-corrected chi connectivity index (χ3v) is 2.42. The Bertz CT molecular complexity index is 339. The van der Waals surface area contributed by atoms with Crippen LogP contribution < -0.4 is 5.73 Å². The molecule has 5 heteroatoms. The van der Waals surface area contributed by atoms with Gasteiger partial charge in [-0.3, -0.25) is 4.68 Å². The number of aromatic nitrogens is 2. The van der Waals surface area contributed by atoms with Crippen LogP contribution in [0.1, 0.15) is 31.2 Å².